The summed E-state index contributed by atoms with van der Waals surface area (Å²) >= 11 is 0. The molecule has 0 atom stereocenters. The van der Waals surface area contributed by atoms with E-state index in [1.807, 2.05) is 30.3 Å². The van der Waals surface area contributed by atoms with Crippen molar-refractivity contribution < 1.29 is 14.5 Å². The topological polar surface area (TPSA) is 46.7 Å². The molecule has 1 saturated heterocycles. The molecular formula is C25H32N2O3. The number of rotatable bonds is 9. The Hall–Kier alpha value is -2.18. The highest BCUT2D eigenvalue weighted by Crippen LogP contribution is 2.25. The predicted molar refractivity (Wildman–Crippen MR) is 119 cm³/mol. The molecule has 1 aromatic heterocycles. The van der Waals surface area contributed by atoms with Crippen LogP contribution in [0.2, 0.25) is 0 Å². The van der Waals surface area contributed by atoms with Crippen LogP contribution in [0.1, 0.15) is 35.2 Å². The standard InChI is InChI=1S/C25H32N2O3/c1-19-24(18-30-29-17-21-6-4-3-5-7-21)23-16-20(8-9-25(23)26-19)10-13-27(2)22-11-14-28-15-12-22/h3-9,16,22,26H,10-15,17-18H2,1-2H3. The van der Waals surface area contributed by atoms with Gasteiger partial charge >= 0.3 is 0 Å². The number of hydrogen-bond acceptors (Lipinski definition) is 4. The lowest BCUT2D eigenvalue weighted by atomic mass is 10.0. The van der Waals surface area contributed by atoms with Crippen LogP contribution < -0.4 is 0 Å². The third-order valence-electron chi connectivity index (χ3n) is 6.11. The van der Waals surface area contributed by atoms with Crippen LogP contribution in [0.5, 0.6) is 0 Å². The lowest BCUT2D eigenvalue weighted by molar-refractivity contribution is -0.313. The highest BCUT2D eigenvalue weighted by Gasteiger charge is 2.18. The first-order valence-corrected chi connectivity index (χ1v) is 10.9. The molecule has 0 aliphatic carbocycles. The Morgan fingerprint density at radius 1 is 1.00 bits per heavy atom. The number of likely N-dealkylation sites (N-methyl/N-ethyl adjacent to an activating group) is 1. The van der Waals surface area contributed by atoms with E-state index in [9.17, 15) is 0 Å². The summed E-state index contributed by atoms with van der Waals surface area (Å²) in [7, 11) is 2.23. The normalized spacial score (nSPS) is 15.3. The van der Waals surface area contributed by atoms with Gasteiger partial charge in [0, 0.05) is 48.0 Å². The van der Waals surface area contributed by atoms with Crippen molar-refractivity contribution in [1.29, 1.82) is 0 Å². The van der Waals surface area contributed by atoms with E-state index < -0.39 is 0 Å². The number of H-pyrrole nitrogens is 1. The zero-order valence-electron chi connectivity index (χ0n) is 18.0. The summed E-state index contributed by atoms with van der Waals surface area (Å²) in [5.74, 6) is 0. The van der Waals surface area contributed by atoms with Gasteiger partial charge in [0.1, 0.15) is 13.2 Å². The van der Waals surface area contributed by atoms with Gasteiger partial charge in [0.05, 0.1) is 0 Å². The highest BCUT2D eigenvalue weighted by atomic mass is 17.2. The summed E-state index contributed by atoms with van der Waals surface area (Å²) in [5.41, 5.74) is 5.90. The summed E-state index contributed by atoms with van der Waals surface area (Å²) in [6.07, 6.45) is 3.31. The quantitative estimate of drug-likeness (QED) is 0.314. The number of aromatic nitrogens is 1. The minimum absolute atomic E-state index is 0.435. The molecule has 0 unspecified atom stereocenters. The van der Waals surface area contributed by atoms with Crippen LogP contribution in [0.3, 0.4) is 0 Å². The smallest absolute Gasteiger partial charge is 0.110 e. The molecule has 2 aromatic carbocycles. The van der Waals surface area contributed by atoms with E-state index in [0.717, 1.165) is 61.4 Å². The molecule has 1 aliphatic rings. The maximum atomic E-state index is 5.55. The van der Waals surface area contributed by atoms with Gasteiger partial charge in [-0.05, 0) is 56.5 Å². The van der Waals surface area contributed by atoms with Crippen LogP contribution in [0.15, 0.2) is 48.5 Å². The first-order chi connectivity index (χ1) is 14.7. The number of hydrogen-bond donors (Lipinski definition) is 1. The van der Waals surface area contributed by atoms with E-state index in [-0.39, 0.29) is 0 Å². The van der Waals surface area contributed by atoms with Crippen molar-refractivity contribution in [3.8, 4) is 0 Å². The summed E-state index contributed by atoms with van der Waals surface area (Å²) < 4.78 is 5.49. The number of fused-ring (bicyclic) bond motifs is 1. The van der Waals surface area contributed by atoms with Gasteiger partial charge in [-0.15, -0.1) is 0 Å². The number of aromatic amines is 1. The van der Waals surface area contributed by atoms with Gasteiger partial charge in [0.2, 0.25) is 0 Å². The lowest BCUT2D eigenvalue weighted by Crippen LogP contribution is -2.37. The first-order valence-electron chi connectivity index (χ1n) is 10.9. The van der Waals surface area contributed by atoms with Crippen molar-refractivity contribution in [2.75, 3.05) is 26.8 Å². The molecule has 4 rings (SSSR count). The fraction of sp³-hybridized carbons (Fsp3) is 0.440. The monoisotopic (exact) mass is 408 g/mol. The van der Waals surface area contributed by atoms with Crippen LogP contribution in [-0.2, 0) is 34.1 Å². The molecule has 5 heteroatoms. The van der Waals surface area contributed by atoms with E-state index in [4.69, 9.17) is 14.5 Å². The molecule has 0 amide bonds. The number of nitrogens with one attached hydrogen (secondary N) is 1. The molecule has 5 nitrogen and oxygen atoms in total. The summed E-state index contributed by atoms with van der Waals surface area (Å²) in [6.45, 7) is 5.81. The van der Waals surface area contributed by atoms with Crippen molar-refractivity contribution in [2.45, 2.75) is 45.4 Å². The zero-order chi connectivity index (χ0) is 20.8. The third kappa shape index (κ3) is 5.29. The maximum absolute atomic E-state index is 5.55. The second kappa shape index (κ2) is 10.2. The van der Waals surface area contributed by atoms with Crippen molar-refractivity contribution >= 4 is 10.9 Å². The summed E-state index contributed by atoms with van der Waals surface area (Å²) in [6, 6.07) is 17.4. The fourth-order valence-electron chi connectivity index (χ4n) is 4.17. The van der Waals surface area contributed by atoms with Crippen molar-refractivity contribution in [1.82, 2.24) is 9.88 Å². The van der Waals surface area contributed by atoms with Crippen LogP contribution in [-0.4, -0.2) is 42.7 Å². The first kappa shape index (κ1) is 21.1. The number of nitrogens with zero attached hydrogens (tertiary/aromatic N) is 1. The molecule has 160 valence electrons. The molecule has 0 bridgehead atoms. The second-order valence-corrected chi connectivity index (χ2v) is 8.19. The van der Waals surface area contributed by atoms with Gasteiger partial charge in [0.15, 0.2) is 0 Å². The zero-order valence-corrected chi connectivity index (χ0v) is 18.0. The lowest BCUT2D eigenvalue weighted by Gasteiger charge is -2.31. The van der Waals surface area contributed by atoms with Crippen LogP contribution in [0.4, 0.5) is 0 Å². The van der Waals surface area contributed by atoms with E-state index in [0.29, 0.717) is 19.3 Å². The Morgan fingerprint density at radius 2 is 1.77 bits per heavy atom. The third-order valence-corrected chi connectivity index (χ3v) is 6.11. The van der Waals surface area contributed by atoms with Gasteiger partial charge in [-0.25, -0.2) is 9.78 Å². The number of aryl methyl sites for hydroxylation is 1. The molecule has 0 saturated carbocycles. The van der Waals surface area contributed by atoms with E-state index in [1.165, 1.54) is 10.9 Å². The molecule has 2 heterocycles. The Labute approximate surface area is 178 Å². The number of ether oxygens (including phenoxy) is 1. The van der Waals surface area contributed by atoms with Gasteiger partial charge in [-0.1, -0.05) is 36.4 Å². The number of benzene rings is 2. The summed E-state index contributed by atoms with van der Waals surface area (Å²) in [5, 5.41) is 1.22. The largest absolute Gasteiger partial charge is 0.381 e. The minimum atomic E-state index is 0.435. The molecule has 1 aliphatic heterocycles. The Kier molecular flexibility index (Phi) is 7.18. The average molecular weight is 409 g/mol. The van der Waals surface area contributed by atoms with Crippen LogP contribution in [0.25, 0.3) is 10.9 Å². The maximum Gasteiger partial charge on any atom is 0.110 e. The Morgan fingerprint density at radius 3 is 2.57 bits per heavy atom. The van der Waals surface area contributed by atoms with Gasteiger partial charge < -0.3 is 14.6 Å². The van der Waals surface area contributed by atoms with Crippen molar-refractivity contribution in [3.05, 3.63) is 70.9 Å². The average Bonchev–Trinajstić information content (AvgIpc) is 3.10. The van der Waals surface area contributed by atoms with E-state index >= 15 is 0 Å². The Bertz CT molecular complexity index is 932. The SMILES string of the molecule is Cc1[nH]c2ccc(CCN(C)C3CCOCC3)cc2c1COOCc1ccccc1. The van der Waals surface area contributed by atoms with Crippen LogP contribution >= 0.6 is 0 Å². The molecule has 3 aromatic rings. The molecule has 1 fully saturated rings. The van der Waals surface area contributed by atoms with Crippen LogP contribution in [0, 0.1) is 6.92 Å². The molecule has 1 N–H and O–H groups in total. The minimum Gasteiger partial charge on any atom is -0.381 e. The van der Waals surface area contributed by atoms with Crippen molar-refractivity contribution in [2.24, 2.45) is 0 Å². The second-order valence-electron chi connectivity index (χ2n) is 8.19. The van der Waals surface area contributed by atoms with E-state index in [2.05, 4.69) is 42.1 Å². The van der Waals surface area contributed by atoms with Gasteiger partial charge in [-0.3, -0.25) is 0 Å². The highest BCUT2D eigenvalue weighted by molar-refractivity contribution is 5.85. The molecule has 0 spiro atoms. The molecular weight excluding hydrogens is 376 g/mol. The molecule has 0 radical (unpaired) electrons. The predicted octanol–water partition coefficient (Wildman–Crippen LogP) is 4.78. The van der Waals surface area contributed by atoms with Gasteiger partial charge in [0.25, 0.3) is 0 Å². The summed E-state index contributed by atoms with van der Waals surface area (Å²) in [4.78, 5) is 16.9. The Balaban J connectivity index is 1.35. The van der Waals surface area contributed by atoms with Crippen molar-refractivity contribution in [3.63, 3.8) is 0 Å². The molecule has 30 heavy (non-hydrogen) atoms. The van der Waals surface area contributed by atoms with E-state index in [1.54, 1.807) is 0 Å². The fourth-order valence-corrected chi connectivity index (χ4v) is 4.17. The van der Waals surface area contributed by atoms with Gasteiger partial charge in [-0.2, -0.15) is 0 Å².